The number of amides is 1. The molecule has 0 aliphatic carbocycles. The first-order chi connectivity index (χ1) is 12.6. The summed E-state index contributed by atoms with van der Waals surface area (Å²) >= 11 is 3.37. The molecular weight excluding hydrogens is 394 g/mol. The normalized spacial score (nSPS) is 11.8. The van der Waals surface area contributed by atoms with Gasteiger partial charge in [0.1, 0.15) is 5.75 Å². The van der Waals surface area contributed by atoms with E-state index in [0.717, 1.165) is 22.1 Å². The number of nitrogens with one attached hydrogen (secondary N) is 1. The van der Waals surface area contributed by atoms with E-state index >= 15 is 0 Å². The first-order valence-corrected chi connectivity index (χ1v) is 9.14. The number of aromatic nitrogens is 2. The van der Waals surface area contributed by atoms with Gasteiger partial charge in [-0.25, -0.2) is 0 Å². The van der Waals surface area contributed by atoms with Crippen LogP contribution in [0, 0.1) is 0 Å². The van der Waals surface area contributed by atoms with Gasteiger partial charge in [0.15, 0.2) is 6.10 Å². The fraction of sp³-hybridized carbons (Fsp3) is 0.200. The standard InChI is InChI=1S/C20H20BrN3O2/c1-15(26-19-9-7-18(21)8-10-19)20(25)22-13-16-3-5-17(6-4-16)14-24-12-2-11-23-24/h2-12,15H,13-14H2,1H3,(H,22,25)/t15-/m1/s1. The zero-order valence-corrected chi connectivity index (χ0v) is 16.0. The Morgan fingerprint density at radius 3 is 2.50 bits per heavy atom. The van der Waals surface area contributed by atoms with Gasteiger partial charge in [-0.2, -0.15) is 5.10 Å². The van der Waals surface area contributed by atoms with Gasteiger partial charge in [0.25, 0.3) is 5.91 Å². The van der Waals surface area contributed by atoms with E-state index in [1.165, 1.54) is 0 Å². The summed E-state index contributed by atoms with van der Waals surface area (Å²) in [7, 11) is 0. The second kappa shape index (κ2) is 8.67. The minimum Gasteiger partial charge on any atom is -0.481 e. The molecular formula is C20H20BrN3O2. The third kappa shape index (κ3) is 5.20. The number of hydrogen-bond acceptors (Lipinski definition) is 3. The van der Waals surface area contributed by atoms with Crippen molar-refractivity contribution in [1.29, 1.82) is 0 Å². The Labute approximate surface area is 161 Å². The van der Waals surface area contributed by atoms with Crippen LogP contribution in [-0.4, -0.2) is 21.8 Å². The lowest BCUT2D eigenvalue weighted by atomic mass is 10.1. The Bertz CT molecular complexity index is 831. The third-order valence-electron chi connectivity index (χ3n) is 3.89. The van der Waals surface area contributed by atoms with Crippen molar-refractivity contribution in [1.82, 2.24) is 15.1 Å². The average molecular weight is 414 g/mol. The largest absolute Gasteiger partial charge is 0.481 e. The van der Waals surface area contributed by atoms with E-state index in [4.69, 9.17) is 4.74 Å². The van der Waals surface area contributed by atoms with Crippen LogP contribution < -0.4 is 10.1 Å². The van der Waals surface area contributed by atoms with Gasteiger partial charge in [0.05, 0.1) is 6.54 Å². The number of carbonyl (C=O) groups is 1. The molecule has 1 atom stereocenters. The van der Waals surface area contributed by atoms with E-state index < -0.39 is 6.10 Å². The van der Waals surface area contributed by atoms with Crippen molar-refractivity contribution in [3.8, 4) is 5.75 Å². The molecule has 134 valence electrons. The minimum absolute atomic E-state index is 0.145. The molecule has 1 N–H and O–H groups in total. The van der Waals surface area contributed by atoms with Gasteiger partial charge in [0, 0.05) is 23.4 Å². The van der Waals surface area contributed by atoms with Crippen molar-refractivity contribution < 1.29 is 9.53 Å². The molecule has 3 aromatic rings. The van der Waals surface area contributed by atoms with Crippen LogP contribution in [-0.2, 0) is 17.9 Å². The number of rotatable bonds is 7. The Balaban J connectivity index is 1.48. The number of ether oxygens (including phenoxy) is 1. The van der Waals surface area contributed by atoms with Crippen molar-refractivity contribution >= 4 is 21.8 Å². The van der Waals surface area contributed by atoms with Gasteiger partial charge in [-0.05, 0) is 48.4 Å². The Kier molecular flexibility index (Phi) is 6.07. The second-order valence-corrected chi connectivity index (χ2v) is 6.87. The third-order valence-corrected chi connectivity index (χ3v) is 4.42. The molecule has 0 saturated heterocycles. The molecule has 0 aliphatic rings. The van der Waals surface area contributed by atoms with Crippen molar-refractivity contribution in [3.63, 3.8) is 0 Å². The lowest BCUT2D eigenvalue weighted by molar-refractivity contribution is -0.127. The lowest BCUT2D eigenvalue weighted by Crippen LogP contribution is -2.35. The van der Waals surface area contributed by atoms with E-state index in [0.29, 0.717) is 12.3 Å². The predicted molar refractivity (Wildman–Crippen MR) is 104 cm³/mol. The smallest absolute Gasteiger partial charge is 0.261 e. The highest BCUT2D eigenvalue weighted by Gasteiger charge is 2.14. The van der Waals surface area contributed by atoms with E-state index in [-0.39, 0.29) is 5.91 Å². The molecule has 0 bridgehead atoms. The molecule has 5 nitrogen and oxygen atoms in total. The van der Waals surface area contributed by atoms with Crippen LogP contribution in [0.2, 0.25) is 0 Å². The summed E-state index contributed by atoms with van der Waals surface area (Å²) in [6.45, 7) is 2.94. The molecule has 2 aromatic carbocycles. The van der Waals surface area contributed by atoms with E-state index in [9.17, 15) is 4.79 Å². The van der Waals surface area contributed by atoms with Crippen molar-refractivity contribution in [3.05, 3.63) is 82.6 Å². The SMILES string of the molecule is C[C@@H](Oc1ccc(Br)cc1)C(=O)NCc1ccc(Cn2cccn2)cc1. The molecule has 0 unspecified atom stereocenters. The molecule has 3 rings (SSSR count). The van der Waals surface area contributed by atoms with Crippen molar-refractivity contribution in [2.24, 2.45) is 0 Å². The lowest BCUT2D eigenvalue weighted by Gasteiger charge is -2.15. The van der Waals surface area contributed by atoms with Crippen molar-refractivity contribution in [2.75, 3.05) is 0 Å². The van der Waals surface area contributed by atoms with Crippen LogP contribution in [0.4, 0.5) is 0 Å². The molecule has 1 amide bonds. The quantitative estimate of drug-likeness (QED) is 0.640. The van der Waals surface area contributed by atoms with E-state index in [2.05, 4.69) is 26.3 Å². The summed E-state index contributed by atoms with van der Waals surface area (Å²) in [6.07, 6.45) is 3.14. The zero-order valence-electron chi connectivity index (χ0n) is 14.4. The maximum atomic E-state index is 12.2. The van der Waals surface area contributed by atoms with Gasteiger partial charge in [-0.3, -0.25) is 9.48 Å². The summed E-state index contributed by atoms with van der Waals surface area (Å²) in [5.41, 5.74) is 2.20. The second-order valence-electron chi connectivity index (χ2n) is 5.95. The molecule has 0 radical (unpaired) electrons. The topological polar surface area (TPSA) is 56.1 Å². The number of halogens is 1. The van der Waals surface area contributed by atoms with Gasteiger partial charge in [-0.1, -0.05) is 40.2 Å². The van der Waals surface area contributed by atoms with E-state index in [1.54, 1.807) is 13.1 Å². The van der Waals surface area contributed by atoms with Crippen molar-refractivity contribution in [2.45, 2.75) is 26.1 Å². The molecule has 0 saturated carbocycles. The monoisotopic (exact) mass is 413 g/mol. The first-order valence-electron chi connectivity index (χ1n) is 8.35. The highest BCUT2D eigenvalue weighted by molar-refractivity contribution is 9.10. The summed E-state index contributed by atoms with van der Waals surface area (Å²) in [4.78, 5) is 12.2. The number of nitrogens with zero attached hydrogens (tertiary/aromatic N) is 2. The number of hydrogen-bond donors (Lipinski definition) is 1. The minimum atomic E-state index is -0.560. The van der Waals surface area contributed by atoms with Crippen LogP contribution in [0.15, 0.2) is 71.5 Å². The molecule has 1 heterocycles. The Morgan fingerprint density at radius 2 is 1.85 bits per heavy atom. The van der Waals surface area contributed by atoms with Crippen LogP contribution in [0.5, 0.6) is 5.75 Å². The predicted octanol–water partition coefficient (Wildman–Crippen LogP) is 3.78. The summed E-state index contributed by atoms with van der Waals surface area (Å²) < 4.78 is 8.50. The summed E-state index contributed by atoms with van der Waals surface area (Å²) in [5, 5.41) is 7.10. The maximum Gasteiger partial charge on any atom is 0.261 e. The molecule has 0 aliphatic heterocycles. The average Bonchev–Trinajstić information content (AvgIpc) is 3.16. The number of carbonyl (C=O) groups excluding carboxylic acids is 1. The fourth-order valence-electron chi connectivity index (χ4n) is 2.45. The van der Waals surface area contributed by atoms with Gasteiger partial charge in [-0.15, -0.1) is 0 Å². The Hall–Kier alpha value is -2.60. The molecule has 6 heteroatoms. The molecule has 1 aromatic heterocycles. The molecule has 0 spiro atoms. The zero-order chi connectivity index (χ0) is 18.4. The van der Waals surface area contributed by atoms with Crippen LogP contribution >= 0.6 is 15.9 Å². The summed E-state index contributed by atoms with van der Waals surface area (Å²) in [5.74, 6) is 0.521. The molecule has 26 heavy (non-hydrogen) atoms. The van der Waals surface area contributed by atoms with Crippen LogP contribution in [0.25, 0.3) is 0 Å². The highest BCUT2D eigenvalue weighted by Crippen LogP contribution is 2.17. The molecule has 0 fully saturated rings. The summed E-state index contributed by atoms with van der Waals surface area (Å²) in [6, 6.07) is 17.4. The first kappa shape index (κ1) is 18.2. The highest BCUT2D eigenvalue weighted by atomic mass is 79.9. The van der Waals surface area contributed by atoms with Crippen LogP contribution in [0.1, 0.15) is 18.1 Å². The number of benzene rings is 2. The van der Waals surface area contributed by atoms with Gasteiger partial charge < -0.3 is 10.1 Å². The van der Waals surface area contributed by atoms with Gasteiger partial charge >= 0.3 is 0 Å². The maximum absolute atomic E-state index is 12.2. The fourth-order valence-corrected chi connectivity index (χ4v) is 2.71. The van der Waals surface area contributed by atoms with Gasteiger partial charge in [0.2, 0.25) is 0 Å². The Morgan fingerprint density at radius 1 is 1.15 bits per heavy atom. The van der Waals surface area contributed by atoms with E-state index in [1.807, 2.05) is 65.5 Å². The van der Waals surface area contributed by atoms with Crippen LogP contribution in [0.3, 0.4) is 0 Å².